The summed E-state index contributed by atoms with van der Waals surface area (Å²) >= 11 is 0. The summed E-state index contributed by atoms with van der Waals surface area (Å²) in [5, 5.41) is 9.38. The molecule has 24 heavy (non-hydrogen) atoms. The van der Waals surface area contributed by atoms with Gasteiger partial charge in [-0.2, -0.15) is 0 Å². The molecule has 0 aliphatic rings. The molecule has 0 radical (unpaired) electrons. The predicted molar refractivity (Wildman–Crippen MR) is 93.7 cm³/mol. The quantitative estimate of drug-likeness (QED) is 0.766. The lowest BCUT2D eigenvalue weighted by Crippen LogP contribution is -2.26. The highest BCUT2D eigenvalue weighted by molar-refractivity contribution is 5.43. The van der Waals surface area contributed by atoms with Gasteiger partial charge in [0.1, 0.15) is 5.75 Å². The van der Waals surface area contributed by atoms with Crippen LogP contribution in [0.1, 0.15) is 11.1 Å². The highest BCUT2D eigenvalue weighted by atomic mass is 16.5. The van der Waals surface area contributed by atoms with Gasteiger partial charge < -0.3 is 19.3 Å². The van der Waals surface area contributed by atoms with Gasteiger partial charge in [-0.3, -0.25) is 4.90 Å². The maximum absolute atomic E-state index is 9.38. The summed E-state index contributed by atoms with van der Waals surface area (Å²) in [5.41, 5.74) is 2.19. The molecule has 2 aromatic carbocycles. The molecule has 0 saturated heterocycles. The highest BCUT2D eigenvalue weighted by Gasteiger charge is 2.12. The summed E-state index contributed by atoms with van der Waals surface area (Å²) < 4.78 is 16.1. The zero-order chi connectivity index (χ0) is 17.4. The maximum atomic E-state index is 9.38. The van der Waals surface area contributed by atoms with E-state index in [2.05, 4.69) is 4.90 Å². The minimum Gasteiger partial charge on any atom is -0.496 e. The van der Waals surface area contributed by atoms with Gasteiger partial charge in [0.2, 0.25) is 0 Å². The SMILES string of the molecule is COc1ccccc1CN(CCO)Cc1ccc(OC)c(OC)c1. The second kappa shape index (κ2) is 9.15. The van der Waals surface area contributed by atoms with Crippen molar-refractivity contribution in [2.75, 3.05) is 34.5 Å². The molecule has 5 nitrogen and oxygen atoms in total. The van der Waals surface area contributed by atoms with Crippen LogP contribution >= 0.6 is 0 Å². The Morgan fingerprint density at radius 2 is 1.54 bits per heavy atom. The third kappa shape index (κ3) is 4.63. The van der Waals surface area contributed by atoms with Crippen LogP contribution in [0.25, 0.3) is 0 Å². The fraction of sp³-hybridized carbons (Fsp3) is 0.368. The zero-order valence-electron chi connectivity index (χ0n) is 14.5. The Kier molecular flexibility index (Phi) is 6.90. The van der Waals surface area contributed by atoms with Gasteiger partial charge in [-0.25, -0.2) is 0 Å². The van der Waals surface area contributed by atoms with E-state index in [1.807, 2.05) is 42.5 Å². The molecule has 1 N–H and O–H groups in total. The van der Waals surface area contributed by atoms with Crippen LogP contribution in [0.15, 0.2) is 42.5 Å². The van der Waals surface area contributed by atoms with Gasteiger partial charge in [-0.1, -0.05) is 24.3 Å². The monoisotopic (exact) mass is 331 g/mol. The standard InChI is InChI=1S/C19H25NO4/c1-22-17-7-5-4-6-16(17)14-20(10-11-21)13-15-8-9-18(23-2)19(12-15)24-3/h4-9,12,21H,10-11,13-14H2,1-3H3. The van der Waals surface area contributed by atoms with Crippen molar-refractivity contribution in [2.45, 2.75) is 13.1 Å². The van der Waals surface area contributed by atoms with Crippen molar-refractivity contribution in [2.24, 2.45) is 0 Å². The lowest BCUT2D eigenvalue weighted by molar-refractivity contribution is 0.182. The first-order chi connectivity index (χ1) is 11.7. The van der Waals surface area contributed by atoms with Crippen LogP contribution < -0.4 is 14.2 Å². The molecule has 0 fully saturated rings. The molecule has 0 bridgehead atoms. The molecule has 0 aliphatic carbocycles. The number of methoxy groups -OCH3 is 3. The van der Waals surface area contributed by atoms with Gasteiger partial charge in [0, 0.05) is 25.2 Å². The van der Waals surface area contributed by atoms with Gasteiger partial charge in [-0.05, 0) is 23.8 Å². The molecule has 0 saturated carbocycles. The third-order valence-electron chi connectivity index (χ3n) is 3.86. The van der Waals surface area contributed by atoms with Crippen molar-refractivity contribution < 1.29 is 19.3 Å². The van der Waals surface area contributed by atoms with Crippen molar-refractivity contribution in [3.05, 3.63) is 53.6 Å². The average molecular weight is 331 g/mol. The number of para-hydroxylation sites is 1. The number of hydrogen-bond acceptors (Lipinski definition) is 5. The van der Waals surface area contributed by atoms with E-state index in [0.29, 0.717) is 31.1 Å². The van der Waals surface area contributed by atoms with Crippen LogP contribution in [0.3, 0.4) is 0 Å². The van der Waals surface area contributed by atoms with E-state index in [-0.39, 0.29) is 6.61 Å². The second-order valence-corrected chi connectivity index (χ2v) is 5.44. The van der Waals surface area contributed by atoms with Crippen molar-refractivity contribution >= 4 is 0 Å². The molecule has 2 aromatic rings. The first kappa shape index (κ1) is 18.1. The average Bonchev–Trinajstić information content (AvgIpc) is 2.62. The van der Waals surface area contributed by atoms with Gasteiger partial charge in [0.15, 0.2) is 11.5 Å². The molecule has 0 aliphatic heterocycles. The van der Waals surface area contributed by atoms with Crippen LogP contribution in [0.2, 0.25) is 0 Å². The molecular formula is C19H25NO4. The fourth-order valence-corrected chi connectivity index (χ4v) is 2.67. The molecule has 0 atom stereocenters. The summed E-state index contributed by atoms with van der Waals surface area (Å²) in [7, 11) is 4.92. The molecule has 130 valence electrons. The van der Waals surface area contributed by atoms with Crippen LogP contribution in [-0.2, 0) is 13.1 Å². The molecule has 5 heteroatoms. The number of rotatable bonds is 9. The molecule has 2 rings (SSSR count). The summed E-state index contributed by atoms with van der Waals surface area (Å²) in [5.74, 6) is 2.27. The third-order valence-corrected chi connectivity index (χ3v) is 3.86. The van der Waals surface area contributed by atoms with Crippen molar-refractivity contribution in [3.8, 4) is 17.2 Å². The van der Waals surface area contributed by atoms with Crippen LogP contribution in [0.5, 0.6) is 17.2 Å². The number of aliphatic hydroxyl groups excluding tert-OH is 1. The maximum Gasteiger partial charge on any atom is 0.161 e. The first-order valence-electron chi connectivity index (χ1n) is 7.87. The van der Waals surface area contributed by atoms with Crippen LogP contribution in [0, 0.1) is 0 Å². The Morgan fingerprint density at radius 1 is 0.833 bits per heavy atom. The summed E-state index contributed by atoms with van der Waals surface area (Å²) in [4.78, 5) is 2.17. The van der Waals surface area contributed by atoms with E-state index in [1.165, 1.54) is 0 Å². The highest BCUT2D eigenvalue weighted by Crippen LogP contribution is 2.28. The number of hydrogen-bond donors (Lipinski definition) is 1. The topological polar surface area (TPSA) is 51.2 Å². The molecular weight excluding hydrogens is 306 g/mol. The Balaban J connectivity index is 2.16. The Morgan fingerprint density at radius 3 is 2.21 bits per heavy atom. The Hall–Kier alpha value is -2.24. The van der Waals surface area contributed by atoms with Gasteiger partial charge in [0.05, 0.1) is 27.9 Å². The minimum atomic E-state index is 0.0996. The largest absolute Gasteiger partial charge is 0.496 e. The first-order valence-corrected chi connectivity index (χ1v) is 7.87. The molecule has 0 heterocycles. The molecule has 0 unspecified atom stereocenters. The Labute approximate surface area is 143 Å². The van der Waals surface area contributed by atoms with Crippen LogP contribution in [0.4, 0.5) is 0 Å². The van der Waals surface area contributed by atoms with E-state index >= 15 is 0 Å². The van der Waals surface area contributed by atoms with Crippen molar-refractivity contribution in [3.63, 3.8) is 0 Å². The molecule has 0 amide bonds. The summed E-state index contributed by atoms with van der Waals surface area (Å²) in [6.45, 7) is 2.06. The number of nitrogens with zero attached hydrogens (tertiary/aromatic N) is 1. The van der Waals surface area contributed by atoms with E-state index in [1.54, 1.807) is 21.3 Å². The van der Waals surface area contributed by atoms with E-state index < -0.39 is 0 Å². The molecule has 0 spiro atoms. The van der Waals surface area contributed by atoms with Crippen molar-refractivity contribution in [1.29, 1.82) is 0 Å². The number of aliphatic hydroxyl groups is 1. The van der Waals surface area contributed by atoms with E-state index in [9.17, 15) is 5.11 Å². The lowest BCUT2D eigenvalue weighted by Gasteiger charge is -2.23. The summed E-state index contributed by atoms with van der Waals surface area (Å²) in [6.07, 6.45) is 0. The predicted octanol–water partition coefficient (Wildman–Crippen LogP) is 2.71. The Bertz CT molecular complexity index is 645. The smallest absolute Gasteiger partial charge is 0.161 e. The summed E-state index contributed by atoms with van der Waals surface area (Å²) in [6, 6.07) is 13.8. The van der Waals surface area contributed by atoms with E-state index in [0.717, 1.165) is 16.9 Å². The van der Waals surface area contributed by atoms with Gasteiger partial charge in [0.25, 0.3) is 0 Å². The second-order valence-electron chi connectivity index (χ2n) is 5.44. The van der Waals surface area contributed by atoms with Crippen LogP contribution in [-0.4, -0.2) is 44.5 Å². The van der Waals surface area contributed by atoms with Crippen molar-refractivity contribution in [1.82, 2.24) is 4.90 Å². The lowest BCUT2D eigenvalue weighted by atomic mass is 10.1. The number of ether oxygens (including phenoxy) is 3. The zero-order valence-corrected chi connectivity index (χ0v) is 14.5. The van der Waals surface area contributed by atoms with E-state index in [4.69, 9.17) is 14.2 Å². The number of benzene rings is 2. The minimum absolute atomic E-state index is 0.0996. The van der Waals surface area contributed by atoms with Gasteiger partial charge >= 0.3 is 0 Å². The van der Waals surface area contributed by atoms with Gasteiger partial charge in [-0.15, -0.1) is 0 Å². The fourth-order valence-electron chi connectivity index (χ4n) is 2.67. The molecule has 0 aromatic heterocycles. The normalized spacial score (nSPS) is 10.7.